The van der Waals surface area contributed by atoms with Gasteiger partial charge in [-0.15, -0.1) is 0 Å². The first kappa shape index (κ1) is 29.2. The molecule has 0 aliphatic heterocycles. The van der Waals surface area contributed by atoms with Gasteiger partial charge in [0.2, 0.25) is 0 Å². The summed E-state index contributed by atoms with van der Waals surface area (Å²) in [4.78, 5) is 0. The Hall–Kier alpha value is 1.23. The average molecular weight is 286 g/mol. The van der Waals surface area contributed by atoms with Gasteiger partial charge in [-0.25, -0.2) is 0 Å². The van der Waals surface area contributed by atoms with E-state index in [1.807, 2.05) is 33.6 Å². The van der Waals surface area contributed by atoms with Crippen molar-refractivity contribution in [1.82, 2.24) is 6.15 Å². The molecule has 77 valence electrons. The van der Waals surface area contributed by atoms with Gasteiger partial charge in [-0.05, 0) is 6.42 Å². The maximum absolute atomic E-state index is 3.42. The van der Waals surface area contributed by atoms with Crippen LogP contribution in [-0.4, -0.2) is 30.7 Å². The molecule has 0 heterocycles. The van der Waals surface area contributed by atoms with E-state index in [9.17, 15) is 0 Å². The second-order valence-corrected chi connectivity index (χ2v) is 2.31. The molecule has 3 N–H and O–H groups in total. The Morgan fingerprint density at radius 3 is 1.54 bits per heavy atom. The van der Waals surface area contributed by atoms with Crippen LogP contribution in [-0.2, 0) is 19.5 Å². The molecule has 0 saturated carbocycles. The molecule has 0 saturated heterocycles. The molecule has 0 unspecified atom stereocenters. The van der Waals surface area contributed by atoms with Crippen molar-refractivity contribution in [3.63, 3.8) is 0 Å². The van der Waals surface area contributed by atoms with Crippen LogP contribution in [0.5, 0.6) is 0 Å². The molecule has 0 aromatic rings. The van der Waals surface area contributed by atoms with Crippen molar-refractivity contribution in [1.29, 1.82) is 0 Å². The molecule has 1 nitrogen and oxygen atoms in total. The molecule has 0 amide bonds. The summed E-state index contributed by atoms with van der Waals surface area (Å²) < 4.78 is 0. The van der Waals surface area contributed by atoms with E-state index in [2.05, 4.69) is 17.2 Å². The first-order valence-corrected chi connectivity index (χ1v) is 8.01. The van der Waals surface area contributed by atoms with Gasteiger partial charge in [-0.2, -0.15) is 13.1 Å². The summed E-state index contributed by atoms with van der Waals surface area (Å²) in [5, 5.41) is 0. The summed E-state index contributed by atoms with van der Waals surface area (Å²) in [6.07, 6.45) is 5.46. The van der Waals surface area contributed by atoms with Crippen LogP contribution in [0, 0.1) is 0 Å². The second-order valence-electron chi connectivity index (χ2n) is 1.81. The van der Waals surface area contributed by atoms with Crippen LogP contribution in [0.25, 0.3) is 0 Å². The van der Waals surface area contributed by atoms with Crippen LogP contribution in [0.2, 0.25) is 19.1 Å². The number of unbranched alkanes of at least 4 members (excludes halogenated alkanes) is 3. The third kappa shape index (κ3) is 61.0. The van der Waals surface area contributed by atoms with Crippen LogP contribution in [0.1, 0.15) is 32.6 Å². The van der Waals surface area contributed by atoms with E-state index in [0.29, 0.717) is 0 Å². The number of hydrogen-bond donors (Lipinski definition) is 1. The fourth-order valence-electron chi connectivity index (χ4n) is 0.552. The quantitative estimate of drug-likeness (QED) is 0.619. The molecule has 13 heavy (non-hydrogen) atoms. The maximum atomic E-state index is 3.42. The summed E-state index contributed by atoms with van der Waals surface area (Å²) in [6, 6.07) is 1.17. The summed E-state index contributed by atoms with van der Waals surface area (Å²) in [5.41, 5.74) is 0. The Balaban J connectivity index is -0.0000000315. The van der Waals surface area contributed by atoms with Crippen LogP contribution >= 0.6 is 0 Å². The smallest absolute Gasteiger partial charge is 0.344 e. The fraction of sp³-hybridized carbons (Fsp3) is 1.00. The molecule has 0 atom stereocenters. The zero-order valence-corrected chi connectivity index (χ0v) is 16.7. The van der Waals surface area contributed by atoms with E-state index >= 15 is 0 Å². The molecule has 0 aliphatic rings. The maximum Gasteiger partial charge on any atom is 1.38 e. The third-order valence-electron chi connectivity index (χ3n) is 1.03. The van der Waals surface area contributed by atoms with Gasteiger partial charge in [0.1, 0.15) is 0 Å². The fourth-order valence-corrected chi connectivity index (χ4v) is 0.802. The van der Waals surface area contributed by atoms with Crippen molar-refractivity contribution in [2.24, 2.45) is 0 Å². The van der Waals surface area contributed by atoms with Crippen molar-refractivity contribution in [3.8, 4) is 0 Å². The Morgan fingerprint density at radius 2 is 1.31 bits per heavy atom. The predicted molar refractivity (Wildman–Crippen MR) is 68.5 cm³/mol. The van der Waals surface area contributed by atoms with Crippen molar-refractivity contribution >= 4 is 30.7 Å². The molecule has 0 bridgehead atoms. The molecule has 5 heteroatoms. The first-order chi connectivity index (χ1) is 5.41. The van der Waals surface area contributed by atoms with Gasteiger partial charge >= 0.3 is 16.3 Å². The van der Waals surface area contributed by atoms with Crippen molar-refractivity contribution in [3.05, 3.63) is 0 Å². The second kappa shape index (κ2) is 51.0. The van der Waals surface area contributed by atoms with Crippen LogP contribution in [0.15, 0.2) is 0 Å². The normalized spacial score (nSPS) is 5.85. The minimum atomic E-state index is 0. The zero-order valence-electron chi connectivity index (χ0n) is 9.86. The van der Waals surface area contributed by atoms with Gasteiger partial charge in [0.05, 0.1) is 0 Å². The van der Waals surface area contributed by atoms with Crippen molar-refractivity contribution in [2.45, 2.75) is 51.7 Å². The molecule has 0 aromatic heterocycles. The van der Waals surface area contributed by atoms with E-state index in [0.717, 1.165) is 0 Å². The SMILES string of the molecule is CCCCCC[Si+2].C[SiH2-].C[SiH2-].N.[Zn]. The van der Waals surface area contributed by atoms with Gasteiger partial charge in [-0.1, -0.05) is 19.8 Å². The van der Waals surface area contributed by atoms with Gasteiger partial charge in [-0.3, -0.25) is 0 Å². The monoisotopic (exact) mass is 284 g/mol. The Labute approximate surface area is 108 Å². The standard InChI is InChI=1S/C6H13Si.2CH5Si.H3N.Zn/c1-2-3-4-5-6-7;2*1-2;;/h2-6H2,1H3;2*2H2,1H3;1H3;/q+2;2*-1;;. The molecule has 0 rings (SSSR count). The summed E-state index contributed by atoms with van der Waals surface area (Å²) in [6.45, 7) is 6.29. The van der Waals surface area contributed by atoms with E-state index < -0.39 is 0 Å². The minimum Gasteiger partial charge on any atom is -0.344 e. The van der Waals surface area contributed by atoms with Crippen LogP contribution in [0.4, 0.5) is 0 Å². The molecular weight excluding hydrogens is 260 g/mol. The molecule has 0 aliphatic carbocycles. The van der Waals surface area contributed by atoms with E-state index in [1.165, 1.54) is 31.7 Å². The van der Waals surface area contributed by atoms with Crippen LogP contribution in [0.3, 0.4) is 0 Å². The van der Waals surface area contributed by atoms with Crippen LogP contribution < -0.4 is 6.15 Å². The zero-order chi connectivity index (χ0) is 9.54. The average Bonchev–Trinajstić information content (AvgIpc) is 2.13. The Kier molecular flexibility index (Phi) is 115. The van der Waals surface area contributed by atoms with E-state index in [-0.39, 0.29) is 25.6 Å². The van der Waals surface area contributed by atoms with E-state index in [1.54, 1.807) is 0 Å². The van der Waals surface area contributed by atoms with Gasteiger partial charge in [0, 0.05) is 25.9 Å². The molecule has 0 spiro atoms. The summed E-state index contributed by atoms with van der Waals surface area (Å²) in [7, 11) is 7.14. The molecular formula is C8H26NSi3Zn. The number of rotatable bonds is 4. The number of hydrogen-bond acceptors (Lipinski definition) is 1. The minimum absolute atomic E-state index is 0. The van der Waals surface area contributed by atoms with Gasteiger partial charge in [0.15, 0.2) is 0 Å². The van der Waals surface area contributed by atoms with Crippen molar-refractivity contribution in [2.75, 3.05) is 0 Å². The van der Waals surface area contributed by atoms with Gasteiger partial charge < -0.3 is 26.6 Å². The van der Waals surface area contributed by atoms with E-state index in [4.69, 9.17) is 0 Å². The predicted octanol–water partition coefficient (Wildman–Crippen LogP) is 1.65. The molecule has 0 fully saturated rings. The third-order valence-corrected chi connectivity index (χ3v) is 1.38. The largest absolute Gasteiger partial charge is 1.38 e. The molecule has 0 aromatic carbocycles. The van der Waals surface area contributed by atoms with Crippen molar-refractivity contribution < 1.29 is 19.5 Å². The summed E-state index contributed by atoms with van der Waals surface area (Å²) >= 11 is 0. The first-order valence-electron chi connectivity index (χ1n) is 4.47. The van der Waals surface area contributed by atoms with Gasteiger partial charge in [0.25, 0.3) is 0 Å². The molecule has 1 radical (unpaired) electrons. The Morgan fingerprint density at radius 1 is 0.923 bits per heavy atom. The Bertz CT molecular complexity index is 38.6. The summed E-state index contributed by atoms with van der Waals surface area (Å²) in [5.74, 6) is 0. The topological polar surface area (TPSA) is 35.0 Å².